The molecule has 2 atom stereocenters. The molecule has 7 nitrogen and oxygen atoms in total. The topological polar surface area (TPSA) is 80.5 Å². The summed E-state index contributed by atoms with van der Waals surface area (Å²) in [5, 5.41) is 7.40. The van der Waals surface area contributed by atoms with E-state index < -0.39 is 0 Å². The molecule has 2 unspecified atom stereocenters. The van der Waals surface area contributed by atoms with Gasteiger partial charge in [-0.25, -0.2) is 4.79 Å². The van der Waals surface area contributed by atoms with Crippen LogP contribution in [0.4, 0.5) is 4.79 Å². The number of ether oxygens (including phenoxy) is 1. The number of amides is 2. The first kappa shape index (κ1) is 21.4. The lowest BCUT2D eigenvalue weighted by Gasteiger charge is -2.36. The van der Waals surface area contributed by atoms with E-state index >= 15 is 0 Å². The molecule has 2 aliphatic heterocycles. The number of urea groups is 1. The average molecular weight is 445 g/mol. The molecule has 0 spiro atoms. The number of benzene rings is 2. The van der Waals surface area contributed by atoms with Crippen LogP contribution in [-0.2, 0) is 4.74 Å². The Kier molecular flexibility index (Phi) is 5.72. The van der Waals surface area contributed by atoms with E-state index in [1.54, 1.807) is 4.90 Å². The van der Waals surface area contributed by atoms with Crippen LogP contribution in [0, 0.1) is 13.8 Å². The van der Waals surface area contributed by atoms with Gasteiger partial charge in [-0.15, -0.1) is 0 Å². The molecule has 5 rings (SSSR count). The first-order valence-corrected chi connectivity index (χ1v) is 11.4. The Morgan fingerprint density at radius 2 is 1.73 bits per heavy atom. The largest absolute Gasteiger partial charge is 0.376 e. The molecule has 0 radical (unpaired) electrons. The smallest absolute Gasteiger partial charge is 0.322 e. The molecule has 7 heteroatoms. The molecule has 2 aromatic carbocycles. The van der Waals surface area contributed by atoms with Crippen LogP contribution >= 0.6 is 0 Å². The highest BCUT2D eigenvalue weighted by Crippen LogP contribution is 2.37. The van der Waals surface area contributed by atoms with Gasteiger partial charge in [0.2, 0.25) is 5.82 Å². The Bertz CT molecular complexity index is 1180. The van der Waals surface area contributed by atoms with Gasteiger partial charge in [0.05, 0.1) is 24.3 Å². The van der Waals surface area contributed by atoms with Crippen molar-refractivity contribution in [2.45, 2.75) is 45.8 Å². The molecule has 33 heavy (non-hydrogen) atoms. The van der Waals surface area contributed by atoms with E-state index in [1.807, 2.05) is 69.3 Å². The Morgan fingerprint density at radius 1 is 1.03 bits per heavy atom. The Balaban J connectivity index is 1.56. The van der Waals surface area contributed by atoms with Gasteiger partial charge in [-0.1, -0.05) is 64.8 Å². The second kappa shape index (κ2) is 8.83. The number of aromatic nitrogens is 2. The monoisotopic (exact) mass is 444 g/mol. The molecule has 0 aliphatic carbocycles. The van der Waals surface area contributed by atoms with Gasteiger partial charge in [0.15, 0.2) is 0 Å². The summed E-state index contributed by atoms with van der Waals surface area (Å²) in [4.78, 5) is 19.6. The summed E-state index contributed by atoms with van der Waals surface area (Å²) in [7, 11) is 0. The zero-order chi connectivity index (χ0) is 22.9. The first-order valence-electron chi connectivity index (χ1n) is 11.4. The zero-order valence-electron chi connectivity index (χ0n) is 19.2. The second-order valence-corrected chi connectivity index (χ2v) is 8.83. The van der Waals surface area contributed by atoms with Crippen molar-refractivity contribution in [3.8, 4) is 11.4 Å². The maximum Gasteiger partial charge on any atom is 0.322 e. The van der Waals surface area contributed by atoms with Gasteiger partial charge in [-0.2, -0.15) is 4.98 Å². The Labute approximate surface area is 193 Å². The van der Waals surface area contributed by atoms with Crippen LogP contribution < -0.4 is 5.32 Å². The highest BCUT2D eigenvalue weighted by atomic mass is 16.5. The third-order valence-electron chi connectivity index (χ3n) is 6.38. The molecule has 170 valence electrons. The fraction of sp³-hybridized carbons (Fsp3) is 0.346. The van der Waals surface area contributed by atoms with Crippen LogP contribution in [-0.4, -0.2) is 40.3 Å². The lowest BCUT2D eigenvalue weighted by molar-refractivity contribution is 0.0877. The maximum absolute atomic E-state index is 13.1. The number of nitrogens with one attached hydrogen (secondary N) is 1. The van der Waals surface area contributed by atoms with Gasteiger partial charge in [0.1, 0.15) is 0 Å². The number of carbonyl (C=O) groups is 1. The molecule has 1 saturated heterocycles. The fourth-order valence-corrected chi connectivity index (χ4v) is 4.43. The summed E-state index contributed by atoms with van der Waals surface area (Å²) in [6.45, 7) is 7.27. The van der Waals surface area contributed by atoms with Crippen molar-refractivity contribution in [3.63, 3.8) is 0 Å². The summed E-state index contributed by atoms with van der Waals surface area (Å²) < 4.78 is 11.6. The molecule has 2 aliphatic rings. The van der Waals surface area contributed by atoms with Crippen LogP contribution in [0.2, 0.25) is 0 Å². The van der Waals surface area contributed by atoms with Gasteiger partial charge in [0, 0.05) is 17.9 Å². The van der Waals surface area contributed by atoms with Crippen LogP contribution in [0.15, 0.2) is 58.8 Å². The minimum Gasteiger partial charge on any atom is -0.376 e. The van der Waals surface area contributed by atoms with E-state index in [4.69, 9.17) is 14.2 Å². The fourth-order valence-electron chi connectivity index (χ4n) is 4.43. The molecule has 1 N–H and O–H groups in total. The minimum absolute atomic E-state index is 0.0358. The van der Waals surface area contributed by atoms with Crippen molar-refractivity contribution in [2.75, 3.05) is 13.2 Å². The SMILES string of the molecule is CC1=C(c2nc(-c3ccc(C)cc3)no2)C(c2ccc(C)cc2)NC(=O)N1CC1CCCO1. The van der Waals surface area contributed by atoms with Crippen molar-refractivity contribution in [1.29, 1.82) is 0 Å². The standard InChI is InChI=1S/C26H28N4O3/c1-16-6-10-19(11-7-16)23-22(18(3)30(26(31)27-23)15-21-5-4-14-32-21)25-28-24(29-33-25)20-12-8-17(2)9-13-20/h6-13,21,23H,4-5,14-15H2,1-3H3,(H,27,31). The summed E-state index contributed by atoms with van der Waals surface area (Å²) in [5.74, 6) is 0.932. The Morgan fingerprint density at radius 3 is 2.39 bits per heavy atom. The lowest BCUT2D eigenvalue weighted by Crippen LogP contribution is -2.48. The van der Waals surface area contributed by atoms with E-state index in [9.17, 15) is 4.79 Å². The summed E-state index contributed by atoms with van der Waals surface area (Å²) in [6.07, 6.45) is 2.01. The van der Waals surface area contributed by atoms with Crippen LogP contribution in [0.3, 0.4) is 0 Å². The van der Waals surface area contributed by atoms with Crippen LogP contribution in [0.1, 0.15) is 48.4 Å². The molecule has 3 aromatic rings. The highest BCUT2D eigenvalue weighted by Gasteiger charge is 2.37. The minimum atomic E-state index is -0.384. The average Bonchev–Trinajstić information content (AvgIpc) is 3.50. The van der Waals surface area contributed by atoms with Crippen molar-refractivity contribution >= 4 is 11.6 Å². The third kappa shape index (κ3) is 4.28. The summed E-state index contributed by atoms with van der Waals surface area (Å²) in [6, 6.07) is 15.6. The summed E-state index contributed by atoms with van der Waals surface area (Å²) >= 11 is 0. The number of hydrogen-bond donors (Lipinski definition) is 1. The van der Waals surface area contributed by atoms with Crippen molar-refractivity contribution in [1.82, 2.24) is 20.4 Å². The van der Waals surface area contributed by atoms with Crippen molar-refractivity contribution < 1.29 is 14.1 Å². The predicted molar refractivity (Wildman–Crippen MR) is 125 cm³/mol. The predicted octanol–water partition coefficient (Wildman–Crippen LogP) is 5.03. The zero-order valence-corrected chi connectivity index (χ0v) is 19.2. The van der Waals surface area contributed by atoms with E-state index in [2.05, 4.69) is 10.5 Å². The van der Waals surface area contributed by atoms with Crippen molar-refractivity contribution in [2.24, 2.45) is 0 Å². The van der Waals surface area contributed by atoms with Gasteiger partial charge in [-0.3, -0.25) is 4.90 Å². The lowest BCUT2D eigenvalue weighted by atomic mass is 9.94. The molecule has 0 bridgehead atoms. The normalized spacial score (nSPS) is 20.9. The number of aryl methyl sites for hydroxylation is 2. The number of allylic oxidation sites excluding steroid dienone is 1. The van der Waals surface area contributed by atoms with Gasteiger partial charge < -0.3 is 14.6 Å². The van der Waals surface area contributed by atoms with Gasteiger partial charge in [-0.05, 0) is 39.2 Å². The summed E-state index contributed by atoms with van der Waals surface area (Å²) in [5.41, 5.74) is 5.79. The van der Waals surface area contributed by atoms with Crippen molar-refractivity contribution in [3.05, 3.63) is 76.8 Å². The quantitative estimate of drug-likeness (QED) is 0.597. The Hall–Kier alpha value is -3.45. The number of carbonyl (C=O) groups excluding carboxylic acids is 1. The molecule has 1 fully saturated rings. The van der Waals surface area contributed by atoms with Gasteiger partial charge >= 0.3 is 6.03 Å². The molecule has 3 heterocycles. The molecule has 1 aromatic heterocycles. The number of hydrogen-bond acceptors (Lipinski definition) is 5. The number of rotatable bonds is 5. The van der Waals surface area contributed by atoms with E-state index in [0.29, 0.717) is 18.3 Å². The maximum atomic E-state index is 13.1. The second-order valence-electron chi connectivity index (χ2n) is 8.83. The van der Waals surface area contributed by atoms with Crippen LogP contribution in [0.25, 0.3) is 17.0 Å². The highest BCUT2D eigenvalue weighted by molar-refractivity contribution is 5.87. The molecular formula is C26H28N4O3. The van der Waals surface area contributed by atoms with Crippen LogP contribution in [0.5, 0.6) is 0 Å². The first-order chi connectivity index (χ1) is 16.0. The molecule has 0 saturated carbocycles. The molecular weight excluding hydrogens is 416 g/mol. The third-order valence-corrected chi connectivity index (χ3v) is 6.38. The van der Waals surface area contributed by atoms with Gasteiger partial charge in [0.25, 0.3) is 5.89 Å². The van der Waals surface area contributed by atoms with E-state index in [-0.39, 0.29) is 18.2 Å². The van der Waals surface area contributed by atoms with E-state index in [1.165, 1.54) is 5.56 Å². The number of nitrogens with zero attached hydrogens (tertiary/aromatic N) is 3. The van der Waals surface area contributed by atoms with E-state index in [0.717, 1.165) is 47.4 Å². The molecule has 2 amide bonds.